The molecule has 19 heavy (non-hydrogen) atoms. The van der Waals surface area contributed by atoms with Crippen molar-refractivity contribution in [2.75, 3.05) is 0 Å². The van der Waals surface area contributed by atoms with Crippen LogP contribution in [-0.4, -0.2) is 0 Å². The van der Waals surface area contributed by atoms with Crippen molar-refractivity contribution >= 4 is 0 Å². The van der Waals surface area contributed by atoms with Gasteiger partial charge in [0.2, 0.25) is 0 Å². The van der Waals surface area contributed by atoms with Crippen LogP contribution in [0.25, 0.3) is 0 Å². The van der Waals surface area contributed by atoms with Crippen LogP contribution in [0, 0.1) is 40.9 Å². The van der Waals surface area contributed by atoms with E-state index in [1.54, 1.807) is 57.8 Å². The number of hydrogen-bond donors (Lipinski definition) is 0. The second kappa shape index (κ2) is 4.50. The van der Waals surface area contributed by atoms with Crippen LogP contribution >= 0.6 is 0 Å². The van der Waals surface area contributed by atoms with Gasteiger partial charge in [-0.3, -0.25) is 0 Å². The molecule has 7 atom stereocenters. The van der Waals surface area contributed by atoms with E-state index in [4.69, 9.17) is 0 Å². The van der Waals surface area contributed by atoms with E-state index < -0.39 is 0 Å². The first kappa shape index (κ1) is 12.7. The molecule has 0 heteroatoms. The molecule has 0 aromatic heterocycles. The molecule has 0 heterocycles. The first-order valence-corrected chi connectivity index (χ1v) is 9.20. The molecular formula is C19H32. The fourth-order valence-corrected chi connectivity index (χ4v) is 7.22. The minimum absolute atomic E-state index is 0.712. The Balaban J connectivity index is 1.55. The Morgan fingerprint density at radius 2 is 1.63 bits per heavy atom. The molecule has 0 aromatic carbocycles. The molecule has 0 aromatic rings. The highest BCUT2D eigenvalue weighted by atomic mass is 14.6. The fraction of sp³-hybridized carbons (Fsp3) is 1.00. The Morgan fingerprint density at radius 1 is 0.842 bits per heavy atom. The van der Waals surface area contributed by atoms with E-state index in [1.165, 1.54) is 6.42 Å². The highest BCUT2D eigenvalue weighted by Gasteiger charge is 2.53. The SMILES string of the molecule is CC(C1CCC2CCCC21)C1(C)CCC2CCCC21. The van der Waals surface area contributed by atoms with Crippen molar-refractivity contribution in [1.29, 1.82) is 0 Å². The average molecular weight is 260 g/mol. The predicted molar refractivity (Wildman–Crippen MR) is 80.9 cm³/mol. The van der Waals surface area contributed by atoms with Crippen molar-refractivity contribution in [1.82, 2.24) is 0 Å². The van der Waals surface area contributed by atoms with Gasteiger partial charge in [0.05, 0.1) is 0 Å². The lowest BCUT2D eigenvalue weighted by Crippen LogP contribution is -2.36. The van der Waals surface area contributed by atoms with Gasteiger partial charge < -0.3 is 0 Å². The van der Waals surface area contributed by atoms with Crippen molar-refractivity contribution < 1.29 is 0 Å². The average Bonchev–Trinajstić information content (AvgIpc) is 3.09. The molecule has 0 radical (unpaired) electrons. The van der Waals surface area contributed by atoms with Gasteiger partial charge in [-0.15, -0.1) is 0 Å². The van der Waals surface area contributed by atoms with Crippen LogP contribution in [0.5, 0.6) is 0 Å². The fourth-order valence-electron chi connectivity index (χ4n) is 7.22. The molecule has 108 valence electrons. The van der Waals surface area contributed by atoms with Gasteiger partial charge in [-0.05, 0) is 79.4 Å². The lowest BCUT2D eigenvalue weighted by Gasteiger charge is -2.42. The second-order valence-corrected chi connectivity index (χ2v) is 8.73. The molecule has 0 nitrogen and oxygen atoms in total. The summed E-state index contributed by atoms with van der Waals surface area (Å²) in [5.74, 6) is 6.59. The Labute approximate surface area is 119 Å². The molecule has 0 bridgehead atoms. The largest absolute Gasteiger partial charge is 0.0617 e. The summed E-state index contributed by atoms with van der Waals surface area (Å²) in [5.41, 5.74) is 0.712. The zero-order valence-electron chi connectivity index (χ0n) is 13.0. The van der Waals surface area contributed by atoms with Gasteiger partial charge in [0.1, 0.15) is 0 Å². The summed E-state index contributed by atoms with van der Waals surface area (Å²) in [6, 6.07) is 0. The molecule has 4 aliphatic carbocycles. The van der Waals surface area contributed by atoms with Crippen molar-refractivity contribution in [3.63, 3.8) is 0 Å². The minimum atomic E-state index is 0.712. The number of fused-ring (bicyclic) bond motifs is 2. The van der Waals surface area contributed by atoms with E-state index in [-0.39, 0.29) is 0 Å². The Hall–Kier alpha value is 0. The second-order valence-electron chi connectivity index (χ2n) is 8.73. The summed E-state index contributed by atoms with van der Waals surface area (Å²) in [6.07, 6.45) is 15.6. The van der Waals surface area contributed by atoms with E-state index in [1.807, 2.05) is 0 Å². The summed E-state index contributed by atoms with van der Waals surface area (Å²) in [4.78, 5) is 0. The Morgan fingerprint density at radius 3 is 2.53 bits per heavy atom. The summed E-state index contributed by atoms with van der Waals surface area (Å²) in [6.45, 7) is 5.35. The van der Waals surface area contributed by atoms with Gasteiger partial charge >= 0.3 is 0 Å². The first-order chi connectivity index (χ1) is 9.20. The van der Waals surface area contributed by atoms with Gasteiger partial charge in [0.15, 0.2) is 0 Å². The molecular weight excluding hydrogens is 228 g/mol. The van der Waals surface area contributed by atoms with E-state index in [9.17, 15) is 0 Å². The highest BCUT2D eigenvalue weighted by molar-refractivity contribution is 5.03. The third-order valence-corrected chi connectivity index (χ3v) is 8.38. The molecule has 0 saturated heterocycles. The Bertz CT molecular complexity index is 346. The van der Waals surface area contributed by atoms with Crippen LogP contribution in [0.15, 0.2) is 0 Å². The van der Waals surface area contributed by atoms with Crippen molar-refractivity contribution in [3.05, 3.63) is 0 Å². The van der Waals surface area contributed by atoms with Crippen molar-refractivity contribution in [2.45, 2.75) is 78.1 Å². The van der Waals surface area contributed by atoms with Gasteiger partial charge in [-0.2, -0.15) is 0 Å². The maximum atomic E-state index is 2.69. The maximum Gasteiger partial charge on any atom is -0.0266 e. The van der Waals surface area contributed by atoms with Crippen LogP contribution in [0.3, 0.4) is 0 Å². The molecule has 0 amide bonds. The van der Waals surface area contributed by atoms with Crippen LogP contribution in [0.1, 0.15) is 78.1 Å². The Kier molecular flexibility index (Phi) is 3.01. The summed E-state index contributed by atoms with van der Waals surface area (Å²) in [7, 11) is 0. The normalized spacial score (nSPS) is 54.3. The topological polar surface area (TPSA) is 0 Å². The third kappa shape index (κ3) is 1.77. The van der Waals surface area contributed by atoms with Crippen molar-refractivity contribution in [2.24, 2.45) is 40.9 Å². The molecule has 7 unspecified atom stereocenters. The van der Waals surface area contributed by atoms with Gasteiger partial charge in [-0.1, -0.05) is 39.5 Å². The van der Waals surface area contributed by atoms with Gasteiger partial charge in [0, 0.05) is 0 Å². The molecule has 0 N–H and O–H groups in total. The molecule has 0 spiro atoms. The lowest BCUT2D eigenvalue weighted by atomic mass is 9.62. The monoisotopic (exact) mass is 260 g/mol. The van der Waals surface area contributed by atoms with E-state index in [2.05, 4.69) is 13.8 Å². The number of hydrogen-bond acceptors (Lipinski definition) is 0. The standard InChI is InChI=1S/C19H32/c1-13(16-10-9-14-5-3-7-17(14)16)19(2)12-11-15-6-4-8-18(15)19/h13-18H,3-12H2,1-2H3. The molecule has 4 saturated carbocycles. The third-order valence-electron chi connectivity index (χ3n) is 8.38. The molecule has 4 fully saturated rings. The highest BCUT2D eigenvalue weighted by Crippen LogP contribution is 2.62. The summed E-state index contributed by atoms with van der Waals surface area (Å²) >= 11 is 0. The number of rotatable bonds is 2. The lowest BCUT2D eigenvalue weighted by molar-refractivity contribution is 0.0602. The summed E-state index contributed by atoms with van der Waals surface area (Å²) < 4.78 is 0. The molecule has 4 aliphatic rings. The summed E-state index contributed by atoms with van der Waals surface area (Å²) in [5, 5.41) is 0. The van der Waals surface area contributed by atoms with E-state index >= 15 is 0 Å². The predicted octanol–water partition coefficient (Wildman–Crippen LogP) is 5.67. The molecule has 0 aliphatic heterocycles. The quantitative estimate of drug-likeness (QED) is 0.600. The van der Waals surface area contributed by atoms with E-state index in [0.29, 0.717) is 5.41 Å². The van der Waals surface area contributed by atoms with Crippen LogP contribution < -0.4 is 0 Å². The van der Waals surface area contributed by atoms with E-state index in [0.717, 1.165) is 35.5 Å². The van der Waals surface area contributed by atoms with Crippen LogP contribution in [0.2, 0.25) is 0 Å². The zero-order chi connectivity index (χ0) is 13.0. The van der Waals surface area contributed by atoms with Gasteiger partial charge in [0.25, 0.3) is 0 Å². The van der Waals surface area contributed by atoms with Gasteiger partial charge in [-0.25, -0.2) is 0 Å². The molecule has 4 rings (SSSR count). The zero-order valence-corrected chi connectivity index (χ0v) is 13.0. The van der Waals surface area contributed by atoms with Crippen LogP contribution in [0.4, 0.5) is 0 Å². The minimum Gasteiger partial charge on any atom is -0.0617 e. The smallest absolute Gasteiger partial charge is 0.0266 e. The first-order valence-electron chi connectivity index (χ1n) is 9.20. The maximum absolute atomic E-state index is 2.69. The van der Waals surface area contributed by atoms with Crippen molar-refractivity contribution in [3.8, 4) is 0 Å². The van der Waals surface area contributed by atoms with Crippen LogP contribution in [-0.2, 0) is 0 Å².